The van der Waals surface area contributed by atoms with Gasteiger partial charge in [0, 0.05) is 22.2 Å². The first-order chi connectivity index (χ1) is 13.1. The zero-order chi connectivity index (χ0) is 19.0. The van der Waals surface area contributed by atoms with Crippen LogP contribution >= 0.6 is 0 Å². The standard InChI is InChI=1S/C23H21NO3/c1-15-19(13-23(25)26)18-9-5-6-10-21(18)24(15)14-20-17-8-4-3-7-16(17)11-12-22(20)27-2/h3-12H,13-14H2,1-2H3,(H,25,26). The normalized spacial score (nSPS) is 11.2. The maximum atomic E-state index is 11.4. The number of aromatic nitrogens is 1. The summed E-state index contributed by atoms with van der Waals surface area (Å²) in [4.78, 5) is 11.4. The number of carbonyl (C=O) groups is 1. The Morgan fingerprint density at radius 3 is 2.41 bits per heavy atom. The van der Waals surface area contributed by atoms with Crippen molar-refractivity contribution in [2.45, 2.75) is 19.9 Å². The van der Waals surface area contributed by atoms with Crippen LogP contribution in [-0.4, -0.2) is 22.8 Å². The zero-order valence-corrected chi connectivity index (χ0v) is 15.4. The summed E-state index contributed by atoms with van der Waals surface area (Å²) in [6, 6.07) is 20.3. The summed E-state index contributed by atoms with van der Waals surface area (Å²) in [6.45, 7) is 2.62. The number of hydrogen-bond donors (Lipinski definition) is 1. The third kappa shape index (κ3) is 2.93. The molecule has 0 spiro atoms. The predicted octanol–water partition coefficient (Wildman–Crippen LogP) is 4.79. The topological polar surface area (TPSA) is 51.5 Å². The SMILES string of the molecule is COc1ccc2ccccc2c1Cn1c(C)c(CC(=O)O)c2ccccc21. The second-order valence-corrected chi connectivity index (χ2v) is 6.71. The molecule has 0 unspecified atom stereocenters. The number of nitrogens with zero attached hydrogens (tertiary/aromatic N) is 1. The van der Waals surface area contributed by atoms with Gasteiger partial charge in [-0.15, -0.1) is 0 Å². The molecule has 1 heterocycles. The van der Waals surface area contributed by atoms with Crippen LogP contribution in [0.1, 0.15) is 16.8 Å². The van der Waals surface area contributed by atoms with E-state index in [-0.39, 0.29) is 6.42 Å². The van der Waals surface area contributed by atoms with Gasteiger partial charge in [0.1, 0.15) is 5.75 Å². The average molecular weight is 359 g/mol. The van der Waals surface area contributed by atoms with Crippen molar-refractivity contribution in [3.63, 3.8) is 0 Å². The summed E-state index contributed by atoms with van der Waals surface area (Å²) in [5.74, 6) is 0.0226. The molecule has 4 aromatic rings. The molecule has 0 bridgehead atoms. The number of carboxylic acids is 1. The van der Waals surface area contributed by atoms with Gasteiger partial charge < -0.3 is 14.4 Å². The Morgan fingerprint density at radius 1 is 0.963 bits per heavy atom. The molecule has 0 radical (unpaired) electrons. The Morgan fingerprint density at radius 2 is 1.67 bits per heavy atom. The molecule has 4 rings (SSSR count). The van der Waals surface area contributed by atoms with E-state index >= 15 is 0 Å². The van der Waals surface area contributed by atoms with Gasteiger partial charge in [-0.05, 0) is 35.4 Å². The smallest absolute Gasteiger partial charge is 0.307 e. The molecule has 1 N–H and O–H groups in total. The molecule has 0 atom stereocenters. The van der Waals surface area contributed by atoms with Crippen LogP contribution in [0, 0.1) is 6.92 Å². The molecule has 0 amide bonds. The van der Waals surface area contributed by atoms with E-state index < -0.39 is 5.97 Å². The minimum Gasteiger partial charge on any atom is -0.496 e. The van der Waals surface area contributed by atoms with Gasteiger partial charge in [0.15, 0.2) is 0 Å². The second-order valence-electron chi connectivity index (χ2n) is 6.71. The van der Waals surface area contributed by atoms with Gasteiger partial charge in [-0.1, -0.05) is 48.5 Å². The number of carboxylic acid groups (broad SMARTS) is 1. The highest BCUT2D eigenvalue weighted by Gasteiger charge is 2.18. The van der Waals surface area contributed by atoms with Gasteiger partial charge in [-0.25, -0.2) is 0 Å². The fourth-order valence-electron chi connectivity index (χ4n) is 3.91. The van der Waals surface area contributed by atoms with E-state index in [0.717, 1.165) is 44.2 Å². The number of fused-ring (bicyclic) bond motifs is 2. The molecule has 136 valence electrons. The lowest BCUT2D eigenvalue weighted by molar-refractivity contribution is -0.136. The highest BCUT2D eigenvalue weighted by molar-refractivity contribution is 5.90. The lowest BCUT2D eigenvalue weighted by atomic mass is 10.0. The lowest BCUT2D eigenvalue weighted by Gasteiger charge is -2.15. The van der Waals surface area contributed by atoms with Crippen molar-refractivity contribution in [3.8, 4) is 5.75 Å². The van der Waals surface area contributed by atoms with E-state index in [0.29, 0.717) is 6.54 Å². The van der Waals surface area contributed by atoms with Gasteiger partial charge in [0.05, 0.1) is 20.1 Å². The van der Waals surface area contributed by atoms with E-state index in [2.05, 4.69) is 22.8 Å². The van der Waals surface area contributed by atoms with Gasteiger partial charge in [0.2, 0.25) is 0 Å². The summed E-state index contributed by atoms with van der Waals surface area (Å²) < 4.78 is 7.83. The number of rotatable bonds is 5. The number of methoxy groups -OCH3 is 1. The Labute approximate surface area is 157 Å². The van der Waals surface area contributed by atoms with E-state index in [1.54, 1.807) is 7.11 Å². The molecule has 27 heavy (non-hydrogen) atoms. The third-order valence-corrected chi connectivity index (χ3v) is 5.22. The number of para-hydroxylation sites is 1. The monoisotopic (exact) mass is 359 g/mol. The van der Waals surface area contributed by atoms with Crippen LogP contribution in [0.15, 0.2) is 60.7 Å². The third-order valence-electron chi connectivity index (χ3n) is 5.22. The minimum atomic E-state index is -0.816. The van der Waals surface area contributed by atoms with Crippen molar-refractivity contribution in [2.24, 2.45) is 0 Å². The fraction of sp³-hybridized carbons (Fsp3) is 0.174. The van der Waals surface area contributed by atoms with Gasteiger partial charge in [-0.3, -0.25) is 4.79 Å². The summed E-state index contributed by atoms with van der Waals surface area (Å²) in [5, 5.41) is 12.6. The molecule has 0 aliphatic carbocycles. The number of hydrogen-bond acceptors (Lipinski definition) is 2. The van der Waals surface area contributed by atoms with Gasteiger partial charge in [-0.2, -0.15) is 0 Å². The molecule has 4 nitrogen and oxygen atoms in total. The first kappa shape index (κ1) is 17.2. The molecule has 0 aliphatic rings. The number of ether oxygens (including phenoxy) is 1. The predicted molar refractivity (Wildman–Crippen MR) is 108 cm³/mol. The van der Waals surface area contributed by atoms with Crippen molar-refractivity contribution in [1.82, 2.24) is 4.57 Å². The zero-order valence-electron chi connectivity index (χ0n) is 15.4. The molecule has 0 fully saturated rings. The first-order valence-electron chi connectivity index (χ1n) is 8.93. The summed E-state index contributed by atoms with van der Waals surface area (Å²) in [5.41, 5.74) is 3.99. The van der Waals surface area contributed by atoms with Crippen LogP contribution in [-0.2, 0) is 17.8 Å². The van der Waals surface area contributed by atoms with Crippen molar-refractivity contribution in [1.29, 1.82) is 0 Å². The molecule has 1 aromatic heterocycles. The molecular formula is C23H21NO3. The Balaban J connectivity index is 1.94. The van der Waals surface area contributed by atoms with Gasteiger partial charge >= 0.3 is 5.97 Å². The Kier molecular flexibility index (Phi) is 4.32. The molecule has 0 saturated carbocycles. The maximum Gasteiger partial charge on any atom is 0.307 e. The fourth-order valence-corrected chi connectivity index (χ4v) is 3.91. The van der Waals surface area contributed by atoms with E-state index in [4.69, 9.17) is 4.74 Å². The van der Waals surface area contributed by atoms with Crippen LogP contribution in [0.2, 0.25) is 0 Å². The summed E-state index contributed by atoms with van der Waals surface area (Å²) in [6.07, 6.45) is 0.0199. The van der Waals surface area contributed by atoms with E-state index in [1.807, 2.05) is 49.4 Å². The molecular weight excluding hydrogens is 338 g/mol. The Bertz CT molecular complexity index is 1160. The number of aliphatic carboxylic acids is 1. The molecule has 3 aromatic carbocycles. The second kappa shape index (κ2) is 6.80. The van der Waals surface area contributed by atoms with Crippen LogP contribution < -0.4 is 4.74 Å². The van der Waals surface area contributed by atoms with Crippen LogP contribution in [0.25, 0.3) is 21.7 Å². The van der Waals surface area contributed by atoms with Crippen molar-refractivity contribution in [2.75, 3.05) is 7.11 Å². The largest absolute Gasteiger partial charge is 0.496 e. The molecule has 0 saturated heterocycles. The summed E-state index contributed by atoms with van der Waals surface area (Å²) >= 11 is 0. The average Bonchev–Trinajstić information content (AvgIpc) is 2.94. The van der Waals surface area contributed by atoms with Gasteiger partial charge in [0.25, 0.3) is 0 Å². The lowest BCUT2D eigenvalue weighted by Crippen LogP contribution is -2.06. The van der Waals surface area contributed by atoms with Crippen LogP contribution in [0.4, 0.5) is 0 Å². The van der Waals surface area contributed by atoms with Crippen molar-refractivity contribution >= 4 is 27.6 Å². The summed E-state index contributed by atoms with van der Waals surface area (Å²) in [7, 11) is 1.68. The molecule has 0 aliphatic heterocycles. The highest BCUT2D eigenvalue weighted by Crippen LogP contribution is 2.32. The van der Waals surface area contributed by atoms with E-state index in [9.17, 15) is 9.90 Å². The highest BCUT2D eigenvalue weighted by atomic mass is 16.5. The van der Waals surface area contributed by atoms with Crippen molar-refractivity contribution in [3.05, 3.63) is 77.5 Å². The van der Waals surface area contributed by atoms with E-state index in [1.165, 1.54) is 0 Å². The number of benzene rings is 3. The van der Waals surface area contributed by atoms with Crippen LogP contribution in [0.5, 0.6) is 5.75 Å². The minimum absolute atomic E-state index is 0.0199. The molecule has 4 heteroatoms. The maximum absolute atomic E-state index is 11.4. The first-order valence-corrected chi connectivity index (χ1v) is 8.93. The van der Waals surface area contributed by atoms with Crippen molar-refractivity contribution < 1.29 is 14.6 Å². The Hall–Kier alpha value is -3.27. The van der Waals surface area contributed by atoms with Crippen LogP contribution in [0.3, 0.4) is 0 Å². The quantitative estimate of drug-likeness (QED) is 0.557.